The fourth-order valence-electron chi connectivity index (χ4n) is 3.60. The highest BCUT2D eigenvalue weighted by Crippen LogP contribution is 2.19. The Labute approximate surface area is 152 Å². The third-order valence-electron chi connectivity index (χ3n) is 4.92. The van der Waals surface area contributed by atoms with Crippen molar-refractivity contribution in [3.63, 3.8) is 0 Å². The highest BCUT2D eigenvalue weighted by atomic mass is 16.4. The molecular weight excluding hydrogens is 344 g/mol. The van der Waals surface area contributed by atoms with Crippen LogP contribution >= 0.6 is 0 Å². The minimum absolute atomic E-state index is 0.187. The second kappa shape index (κ2) is 5.44. The molecule has 0 aliphatic carbocycles. The molecule has 5 rings (SSSR count). The second-order valence-corrected chi connectivity index (χ2v) is 6.65. The normalized spacial score (nSPS) is 11.8. The second-order valence-electron chi connectivity index (χ2n) is 6.65. The summed E-state index contributed by atoms with van der Waals surface area (Å²) in [7, 11) is 1.61. The maximum Gasteiger partial charge on any atom is 0.332 e. The summed E-state index contributed by atoms with van der Waals surface area (Å²) in [6.45, 7) is 1.98. The Hall–Kier alpha value is -3.61. The first-order valence-electron chi connectivity index (χ1n) is 8.59. The molecule has 0 aliphatic heterocycles. The van der Waals surface area contributed by atoms with Gasteiger partial charge in [-0.1, -0.05) is 42.5 Å². The van der Waals surface area contributed by atoms with E-state index >= 15 is 0 Å². The lowest BCUT2D eigenvalue weighted by Crippen LogP contribution is -2.39. The maximum absolute atomic E-state index is 13.2. The third-order valence-corrected chi connectivity index (χ3v) is 4.92. The van der Waals surface area contributed by atoms with E-state index in [1.54, 1.807) is 24.6 Å². The number of nitrogens with zero attached hydrogens (tertiary/aromatic N) is 4. The molecular formula is C20H16N4O3. The van der Waals surface area contributed by atoms with E-state index in [-0.39, 0.29) is 12.1 Å². The summed E-state index contributed by atoms with van der Waals surface area (Å²) in [6, 6.07) is 13.8. The fraction of sp³-hybridized carbons (Fsp3) is 0.150. The molecule has 3 heterocycles. The van der Waals surface area contributed by atoms with Gasteiger partial charge in [0.05, 0.1) is 12.7 Å². The lowest BCUT2D eigenvalue weighted by molar-refractivity contribution is 0.563. The Morgan fingerprint density at radius 2 is 1.85 bits per heavy atom. The van der Waals surface area contributed by atoms with Crippen molar-refractivity contribution in [3.8, 4) is 0 Å². The predicted octanol–water partition coefficient (Wildman–Crippen LogP) is 2.45. The number of benzene rings is 2. The number of aryl methyl sites for hydroxylation is 2. The van der Waals surface area contributed by atoms with Crippen LogP contribution in [0.25, 0.3) is 27.8 Å². The Kier molecular flexibility index (Phi) is 3.15. The summed E-state index contributed by atoms with van der Waals surface area (Å²) in [6.07, 6.45) is 1.71. The molecule has 0 fully saturated rings. The number of rotatable bonds is 2. The molecule has 0 aliphatic rings. The van der Waals surface area contributed by atoms with Crippen molar-refractivity contribution in [2.75, 3.05) is 0 Å². The monoisotopic (exact) mass is 360 g/mol. The minimum Gasteiger partial charge on any atom is -0.428 e. The molecule has 27 heavy (non-hydrogen) atoms. The zero-order valence-corrected chi connectivity index (χ0v) is 14.8. The first kappa shape index (κ1) is 15.6. The van der Waals surface area contributed by atoms with Crippen LogP contribution in [0.4, 0.5) is 0 Å². The van der Waals surface area contributed by atoms with E-state index in [1.807, 2.05) is 42.5 Å². The van der Waals surface area contributed by atoms with Crippen LogP contribution in [-0.2, 0) is 13.6 Å². The maximum atomic E-state index is 13.2. The highest BCUT2D eigenvalue weighted by Gasteiger charge is 2.19. The SMILES string of the molecule is Cc1cn2c(nc3c2c(=O)n(Cc2cccc4ccccc24)c(=O)n3C)o1. The van der Waals surface area contributed by atoms with Gasteiger partial charge in [-0.05, 0) is 23.3 Å². The van der Waals surface area contributed by atoms with Gasteiger partial charge in [0, 0.05) is 7.05 Å². The van der Waals surface area contributed by atoms with Gasteiger partial charge in [-0.2, -0.15) is 4.98 Å². The molecule has 0 spiro atoms. The van der Waals surface area contributed by atoms with Gasteiger partial charge in [-0.25, -0.2) is 4.79 Å². The summed E-state index contributed by atoms with van der Waals surface area (Å²) in [5.74, 6) is 0.950. The third kappa shape index (κ3) is 2.18. The molecule has 0 radical (unpaired) electrons. The lowest BCUT2D eigenvalue weighted by Gasteiger charge is -2.10. The van der Waals surface area contributed by atoms with Gasteiger partial charge in [0.25, 0.3) is 5.56 Å². The molecule has 134 valence electrons. The quantitative estimate of drug-likeness (QED) is 0.485. The Morgan fingerprint density at radius 1 is 1.07 bits per heavy atom. The molecule has 0 bridgehead atoms. The van der Waals surface area contributed by atoms with E-state index < -0.39 is 5.69 Å². The van der Waals surface area contributed by atoms with Gasteiger partial charge in [-0.3, -0.25) is 18.3 Å². The van der Waals surface area contributed by atoms with Crippen LogP contribution in [0.2, 0.25) is 0 Å². The van der Waals surface area contributed by atoms with Gasteiger partial charge < -0.3 is 4.42 Å². The van der Waals surface area contributed by atoms with Gasteiger partial charge in [0.15, 0.2) is 11.2 Å². The molecule has 2 aromatic carbocycles. The van der Waals surface area contributed by atoms with Gasteiger partial charge in [0.1, 0.15) is 5.76 Å². The molecule has 0 saturated carbocycles. The first-order valence-corrected chi connectivity index (χ1v) is 8.59. The summed E-state index contributed by atoms with van der Waals surface area (Å²) in [5.41, 5.74) is 0.783. The summed E-state index contributed by atoms with van der Waals surface area (Å²) >= 11 is 0. The molecule has 0 unspecified atom stereocenters. The lowest BCUT2D eigenvalue weighted by atomic mass is 10.0. The van der Waals surface area contributed by atoms with Gasteiger partial charge >= 0.3 is 11.5 Å². The zero-order chi connectivity index (χ0) is 18.7. The number of aromatic nitrogens is 4. The number of imidazole rings is 1. The summed E-state index contributed by atoms with van der Waals surface area (Å²) in [4.78, 5) is 30.3. The number of oxazole rings is 1. The van der Waals surface area contributed by atoms with Crippen molar-refractivity contribution in [2.45, 2.75) is 13.5 Å². The van der Waals surface area contributed by atoms with Crippen LogP contribution in [0.3, 0.4) is 0 Å². The minimum atomic E-state index is -0.405. The highest BCUT2D eigenvalue weighted by molar-refractivity contribution is 5.85. The Bertz CT molecular complexity index is 1460. The molecule has 0 amide bonds. The van der Waals surface area contributed by atoms with Crippen LogP contribution in [0.1, 0.15) is 11.3 Å². The first-order chi connectivity index (χ1) is 13.0. The molecule has 7 nitrogen and oxygen atoms in total. The van der Waals surface area contributed by atoms with Crippen molar-refractivity contribution < 1.29 is 4.42 Å². The smallest absolute Gasteiger partial charge is 0.332 e. The average molecular weight is 360 g/mol. The number of hydrogen-bond donors (Lipinski definition) is 0. The summed E-state index contributed by atoms with van der Waals surface area (Å²) < 4.78 is 9.75. The van der Waals surface area contributed by atoms with E-state index in [1.165, 1.54) is 9.13 Å². The molecule has 5 aromatic rings. The largest absolute Gasteiger partial charge is 0.428 e. The van der Waals surface area contributed by atoms with Gasteiger partial charge in [-0.15, -0.1) is 0 Å². The van der Waals surface area contributed by atoms with Crippen LogP contribution < -0.4 is 11.2 Å². The molecule has 0 atom stereocenters. The Balaban J connectivity index is 1.81. The molecule has 0 N–H and O–H groups in total. The molecule has 0 saturated heterocycles. The van der Waals surface area contributed by atoms with Crippen molar-refractivity contribution in [1.82, 2.24) is 18.5 Å². The van der Waals surface area contributed by atoms with Crippen molar-refractivity contribution in [2.24, 2.45) is 7.05 Å². The Morgan fingerprint density at radius 3 is 2.70 bits per heavy atom. The van der Waals surface area contributed by atoms with Crippen LogP contribution in [0, 0.1) is 6.92 Å². The van der Waals surface area contributed by atoms with Crippen LogP contribution in [0.5, 0.6) is 0 Å². The molecule has 3 aromatic heterocycles. The molecule has 7 heteroatoms. The van der Waals surface area contributed by atoms with Crippen molar-refractivity contribution >= 4 is 27.8 Å². The van der Waals surface area contributed by atoms with E-state index in [2.05, 4.69) is 4.98 Å². The average Bonchev–Trinajstić information content (AvgIpc) is 3.19. The van der Waals surface area contributed by atoms with E-state index in [9.17, 15) is 9.59 Å². The van der Waals surface area contributed by atoms with Crippen molar-refractivity contribution in [1.29, 1.82) is 0 Å². The fourth-order valence-corrected chi connectivity index (χ4v) is 3.60. The van der Waals surface area contributed by atoms with Crippen LogP contribution in [0.15, 0.2) is 62.7 Å². The van der Waals surface area contributed by atoms with E-state index in [0.717, 1.165) is 16.3 Å². The van der Waals surface area contributed by atoms with E-state index in [0.29, 0.717) is 22.8 Å². The topological polar surface area (TPSA) is 74.4 Å². The summed E-state index contributed by atoms with van der Waals surface area (Å²) in [5, 5.41) is 2.09. The number of fused-ring (bicyclic) bond motifs is 4. The van der Waals surface area contributed by atoms with Gasteiger partial charge in [0.2, 0.25) is 0 Å². The van der Waals surface area contributed by atoms with E-state index in [4.69, 9.17) is 4.42 Å². The van der Waals surface area contributed by atoms with Crippen molar-refractivity contribution in [3.05, 3.63) is 80.8 Å². The standard InChI is InChI=1S/C20H16N4O3/c1-12-10-23-16-17(21-19(23)27-12)22(2)20(26)24(18(16)25)11-14-8-5-7-13-6-3-4-9-15(13)14/h3-10H,11H2,1-2H3. The van der Waals surface area contributed by atoms with Crippen LogP contribution in [-0.4, -0.2) is 18.5 Å². The predicted molar refractivity (Wildman–Crippen MR) is 102 cm³/mol. The zero-order valence-electron chi connectivity index (χ0n) is 14.8. The number of hydrogen-bond acceptors (Lipinski definition) is 4.